The van der Waals surface area contributed by atoms with Gasteiger partial charge in [0, 0.05) is 17.7 Å². The largest absolute Gasteiger partial charge is 0.456 e. The number of aromatic nitrogens is 2. The average Bonchev–Trinajstić information content (AvgIpc) is 3.15. The molecule has 1 N–H and O–H groups in total. The van der Waals surface area contributed by atoms with E-state index in [0.717, 1.165) is 11.1 Å². The smallest absolute Gasteiger partial charge is 0.306 e. The molecule has 7 nitrogen and oxygen atoms in total. The average molecular weight is 365 g/mol. The van der Waals surface area contributed by atoms with Crippen molar-refractivity contribution in [3.05, 3.63) is 66.1 Å². The fourth-order valence-electron chi connectivity index (χ4n) is 2.32. The molecular weight excluding hydrogens is 346 g/mol. The number of ether oxygens (including phenoxy) is 1. The summed E-state index contributed by atoms with van der Waals surface area (Å²) in [7, 11) is 0. The Morgan fingerprint density at radius 2 is 1.81 bits per heavy atom. The van der Waals surface area contributed by atoms with E-state index < -0.39 is 11.9 Å². The Bertz CT molecular complexity index is 904. The molecule has 0 radical (unpaired) electrons. The third-order valence-electron chi connectivity index (χ3n) is 3.74. The summed E-state index contributed by atoms with van der Waals surface area (Å²) in [6.07, 6.45) is 0.298. The van der Waals surface area contributed by atoms with Crippen molar-refractivity contribution in [3.63, 3.8) is 0 Å². The first kappa shape index (κ1) is 18.3. The van der Waals surface area contributed by atoms with Gasteiger partial charge in [-0.1, -0.05) is 53.2 Å². The molecule has 7 heteroatoms. The number of amides is 1. The number of carbonyl (C=O) groups is 2. The van der Waals surface area contributed by atoms with Gasteiger partial charge in [-0.05, 0) is 19.1 Å². The molecule has 0 atom stereocenters. The highest BCUT2D eigenvalue weighted by Gasteiger charge is 2.12. The number of hydrogen-bond donors (Lipinski definition) is 1. The number of para-hydroxylation sites is 1. The lowest BCUT2D eigenvalue weighted by Gasteiger charge is -2.05. The Morgan fingerprint density at radius 3 is 2.56 bits per heavy atom. The van der Waals surface area contributed by atoms with Crippen LogP contribution in [0.3, 0.4) is 0 Å². The molecule has 1 aromatic heterocycles. The molecule has 1 heterocycles. The molecule has 0 spiro atoms. The Balaban J connectivity index is 1.43. The fraction of sp³-hybridized carbons (Fsp3) is 0.200. The molecule has 0 aliphatic heterocycles. The number of esters is 1. The molecule has 3 rings (SSSR count). The first-order valence-electron chi connectivity index (χ1n) is 8.50. The van der Waals surface area contributed by atoms with Gasteiger partial charge in [-0.25, -0.2) is 0 Å². The van der Waals surface area contributed by atoms with E-state index in [9.17, 15) is 9.59 Å². The van der Waals surface area contributed by atoms with Gasteiger partial charge in [0.05, 0.1) is 6.42 Å². The van der Waals surface area contributed by atoms with Crippen molar-refractivity contribution in [1.82, 2.24) is 10.1 Å². The topological polar surface area (TPSA) is 94.3 Å². The van der Waals surface area contributed by atoms with Crippen molar-refractivity contribution < 1.29 is 18.8 Å². The molecule has 0 fully saturated rings. The van der Waals surface area contributed by atoms with E-state index in [1.165, 1.54) is 0 Å². The van der Waals surface area contributed by atoms with Crippen LogP contribution < -0.4 is 5.32 Å². The van der Waals surface area contributed by atoms with Crippen LogP contribution in [0.5, 0.6) is 0 Å². The summed E-state index contributed by atoms with van der Waals surface area (Å²) in [5, 5.41) is 6.55. The predicted octanol–water partition coefficient (Wildman–Crippen LogP) is 3.16. The second-order valence-corrected chi connectivity index (χ2v) is 5.95. The molecule has 0 aliphatic rings. The molecule has 0 saturated heterocycles. The number of benzene rings is 2. The van der Waals surface area contributed by atoms with Crippen LogP contribution >= 0.6 is 0 Å². The highest BCUT2D eigenvalue weighted by Crippen LogP contribution is 2.16. The molecule has 0 unspecified atom stereocenters. The number of carbonyl (C=O) groups excluding carboxylic acids is 2. The van der Waals surface area contributed by atoms with E-state index in [2.05, 4.69) is 15.5 Å². The van der Waals surface area contributed by atoms with E-state index in [0.29, 0.717) is 17.4 Å². The lowest BCUT2D eigenvalue weighted by molar-refractivity contribution is -0.147. The first-order valence-corrected chi connectivity index (χ1v) is 8.50. The summed E-state index contributed by atoms with van der Waals surface area (Å²) in [5.41, 5.74) is 2.63. The molecule has 138 valence electrons. The molecule has 0 saturated carbocycles. The highest BCUT2D eigenvalue weighted by atomic mass is 16.5. The minimum absolute atomic E-state index is 0.0498. The lowest BCUT2D eigenvalue weighted by atomic mass is 10.1. The number of anilines is 1. The second kappa shape index (κ2) is 8.75. The van der Waals surface area contributed by atoms with Gasteiger partial charge in [0.25, 0.3) is 5.91 Å². The fourth-order valence-corrected chi connectivity index (χ4v) is 2.32. The van der Waals surface area contributed by atoms with Gasteiger partial charge in [-0.3, -0.25) is 9.59 Å². The maximum atomic E-state index is 11.8. The minimum Gasteiger partial charge on any atom is -0.456 e. The van der Waals surface area contributed by atoms with Gasteiger partial charge in [0.1, 0.15) is 0 Å². The third-order valence-corrected chi connectivity index (χ3v) is 3.74. The van der Waals surface area contributed by atoms with E-state index in [-0.39, 0.29) is 19.4 Å². The Hall–Kier alpha value is -3.48. The van der Waals surface area contributed by atoms with E-state index in [4.69, 9.17) is 9.26 Å². The van der Waals surface area contributed by atoms with Crippen LogP contribution in [0.2, 0.25) is 0 Å². The predicted molar refractivity (Wildman–Crippen MR) is 98.8 cm³/mol. The zero-order valence-electron chi connectivity index (χ0n) is 14.8. The summed E-state index contributed by atoms with van der Waals surface area (Å²) in [6, 6.07) is 16.7. The molecule has 1 amide bonds. The number of rotatable bonds is 7. The number of hydrogen-bond acceptors (Lipinski definition) is 6. The maximum absolute atomic E-state index is 11.8. The van der Waals surface area contributed by atoms with Crippen molar-refractivity contribution in [3.8, 4) is 11.4 Å². The first-order chi connectivity index (χ1) is 13.1. The maximum Gasteiger partial charge on any atom is 0.306 e. The summed E-state index contributed by atoms with van der Waals surface area (Å²) in [4.78, 5) is 27.8. The van der Waals surface area contributed by atoms with Crippen molar-refractivity contribution in [2.75, 3.05) is 11.9 Å². The van der Waals surface area contributed by atoms with Gasteiger partial charge >= 0.3 is 5.97 Å². The number of nitrogens with zero attached hydrogens (tertiary/aromatic N) is 2. The molecule has 0 aliphatic carbocycles. The summed E-state index contributed by atoms with van der Waals surface area (Å²) in [6.45, 7) is 1.66. The quantitative estimate of drug-likeness (QED) is 0.646. The zero-order valence-corrected chi connectivity index (χ0v) is 14.8. The van der Waals surface area contributed by atoms with Crippen LogP contribution in [-0.2, 0) is 20.7 Å². The summed E-state index contributed by atoms with van der Waals surface area (Å²) < 4.78 is 10.1. The van der Waals surface area contributed by atoms with Crippen molar-refractivity contribution in [1.29, 1.82) is 0 Å². The van der Waals surface area contributed by atoms with Gasteiger partial charge in [-0.2, -0.15) is 4.98 Å². The van der Waals surface area contributed by atoms with Crippen LogP contribution in [0, 0.1) is 6.92 Å². The molecular formula is C20H19N3O4. The van der Waals surface area contributed by atoms with Crippen LogP contribution in [0.15, 0.2) is 59.1 Å². The SMILES string of the molecule is Cc1ccc(-c2noc(CCC(=O)OCC(=O)Nc3ccccc3)n2)cc1. The van der Waals surface area contributed by atoms with Gasteiger partial charge < -0.3 is 14.6 Å². The second-order valence-electron chi connectivity index (χ2n) is 5.95. The Kier molecular flexibility index (Phi) is 5.94. The van der Waals surface area contributed by atoms with E-state index in [1.807, 2.05) is 37.3 Å². The highest BCUT2D eigenvalue weighted by molar-refractivity contribution is 5.92. The van der Waals surface area contributed by atoms with Crippen LogP contribution in [0.25, 0.3) is 11.4 Å². The Morgan fingerprint density at radius 1 is 1.07 bits per heavy atom. The van der Waals surface area contributed by atoms with Crippen molar-refractivity contribution in [2.45, 2.75) is 19.8 Å². The monoisotopic (exact) mass is 365 g/mol. The van der Waals surface area contributed by atoms with Gasteiger partial charge in [-0.15, -0.1) is 0 Å². The van der Waals surface area contributed by atoms with Gasteiger partial charge in [0.2, 0.25) is 11.7 Å². The van der Waals surface area contributed by atoms with Crippen LogP contribution in [-0.4, -0.2) is 28.6 Å². The molecule has 2 aromatic carbocycles. The van der Waals surface area contributed by atoms with Crippen molar-refractivity contribution >= 4 is 17.6 Å². The van der Waals surface area contributed by atoms with E-state index >= 15 is 0 Å². The number of nitrogens with one attached hydrogen (secondary N) is 1. The molecule has 27 heavy (non-hydrogen) atoms. The lowest BCUT2D eigenvalue weighted by Crippen LogP contribution is -2.21. The minimum atomic E-state index is -0.506. The third kappa shape index (κ3) is 5.50. The van der Waals surface area contributed by atoms with Crippen LogP contribution in [0.1, 0.15) is 17.9 Å². The Labute approximate surface area is 156 Å². The van der Waals surface area contributed by atoms with E-state index in [1.54, 1.807) is 24.3 Å². The summed E-state index contributed by atoms with van der Waals surface area (Å²) >= 11 is 0. The van der Waals surface area contributed by atoms with Crippen molar-refractivity contribution in [2.24, 2.45) is 0 Å². The van der Waals surface area contributed by atoms with Gasteiger partial charge in [0.15, 0.2) is 6.61 Å². The standard InChI is InChI=1S/C20H19N3O4/c1-14-7-9-15(10-8-14)20-22-18(27-23-20)11-12-19(25)26-13-17(24)21-16-5-3-2-4-6-16/h2-10H,11-13H2,1H3,(H,21,24). The summed E-state index contributed by atoms with van der Waals surface area (Å²) in [5.74, 6) is -0.0841. The molecule has 0 bridgehead atoms. The molecule has 3 aromatic rings. The zero-order chi connectivity index (χ0) is 19.1. The van der Waals surface area contributed by atoms with Crippen LogP contribution in [0.4, 0.5) is 5.69 Å². The normalized spacial score (nSPS) is 10.4. The number of aryl methyl sites for hydroxylation is 2.